The second-order valence-electron chi connectivity index (χ2n) is 8.42. The molecule has 180 valence electrons. The van der Waals surface area contributed by atoms with Crippen LogP contribution in [0.3, 0.4) is 0 Å². The minimum Gasteiger partial charge on any atom is -0.488 e. The predicted octanol–water partition coefficient (Wildman–Crippen LogP) is 3.35. The van der Waals surface area contributed by atoms with Crippen molar-refractivity contribution in [3.05, 3.63) is 75.4 Å². The Hall–Kier alpha value is -2.91. The molecule has 1 fully saturated rings. The number of ether oxygens (including phenoxy) is 1. The third kappa shape index (κ3) is 5.77. The van der Waals surface area contributed by atoms with Crippen molar-refractivity contribution in [2.45, 2.75) is 43.7 Å². The van der Waals surface area contributed by atoms with Crippen LogP contribution in [0.15, 0.2) is 58.6 Å². The summed E-state index contributed by atoms with van der Waals surface area (Å²) in [6, 6.07) is 7.85. The number of pyridine rings is 1. The Morgan fingerprint density at radius 2 is 1.74 bits per heavy atom. The van der Waals surface area contributed by atoms with E-state index in [1.54, 1.807) is 18.3 Å². The lowest BCUT2D eigenvalue weighted by molar-refractivity contribution is 0.170. The number of piperidine rings is 1. The normalized spacial score (nSPS) is 14.9. The minimum absolute atomic E-state index is 0.0533. The van der Waals surface area contributed by atoms with E-state index in [9.17, 15) is 13.2 Å². The molecule has 3 aromatic rings. The SMILES string of the molecule is CCc1cnc(N2CCC(Oc3cc(=O)n(Cc4ccc(S(C)(=O)=O)cc4)cc3Cl)CC2)nc1. The lowest BCUT2D eigenvalue weighted by Gasteiger charge is -2.32. The smallest absolute Gasteiger partial charge is 0.254 e. The zero-order chi connectivity index (χ0) is 24.3. The summed E-state index contributed by atoms with van der Waals surface area (Å²) in [5.41, 5.74) is 1.66. The average molecular weight is 503 g/mol. The highest BCUT2D eigenvalue weighted by Crippen LogP contribution is 2.26. The Morgan fingerprint density at radius 3 is 2.32 bits per heavy atom. The van der Waals surface area contributed by atoms with Crippen molar-refractivity contribution in [1.82, 2.24) is 14.5 Å². The highest BCUT2D eigenvalue weighted by atomic mass is 35.5. The van der Waals surface area contributed by atoms with Gasteiger partial charge in [-0.1, -0.05) is 30.7 Å². The molecule has 1 aromatic carbocycles. The number of sulfone groups is 1. The van der Waals surface area contributed by atoms with Crippen LogP contribution in [-0.2, 0) is 22.8 Å². The van der Waals surface area contributed by atoms with Gasteiger partial charge in [0.1, 0.15) is 11.9 Å². The van der Waals surface area contributed by atoms with Crippen molar-refractivity contribution >= 4 is 27.4 Å². The zero-order valence-electron chi connectivity index (χ0n) is 19.1. The van der Waals surface area contributed by atoms with Gasteiger partial charge in [-0.15, -0.1) is 0 Å². The molecule has 1 aliphatic rings. The van der Waals surface area contributed by atoms with Crippen LogP contribution in [0.4, 0.5) is 5.95 Å². The first-order chi connectivity index (χ1) is 16.2. The molecule has 0 radical (unpaired) electrons. The highest BCUT2D eigenvalue weighted by molar-refractivity contribution is 7.90. The largest absolute Gasteiger partial charge is 0.488 e. The van der Waals surface area contributed by atoms with Crippen LogP contribution in [0.25, 0.3) is 0 Å². The van der Waals surface area contributed by atoms with E-state index in [-0.39, 0.29) is 23.1 Å². The molecule has 0 saturated carbocycles. The molecular formula is C24H27ClN4O4S. The zero-order valence-corrected chi connectivity index (χ0v) is 20.7. The molecule has 1 saturated heterocycles. The molecule has 3 heterocycles. The van der Waals surface area contributed by atoms with Crippen molar-refractivity contribution in [3.8, 4) is 5.75 Å². The van der Waals surface area contributed by atoms with Crippen LogP contribution < -0.4 is 15.2 Å². The van der Waals surface area contributed by atoms with Gasteiger partial charge in [0.05, 0.1) is 16.5 Å². The summed E-state index contributed by atoms with van der Waals surface area (Å²) in [7, 11) is -3.27. The maximum absolute atomic E-state index is 12.7. The first-order valence-electron chi connectivity index (χ1n) is 11.1. The first-order valence-corrected chi connectivity index (χ1v) is 13.4. The van der Waals surface area contributed by atoms with Crippen LogP contribution in [-0.4, -0.2) is 48.4 Å². The molecule has 0 aliphatic carbocycles. The Labute approximate surface area is 204 Å². The van der Waals surface area contributed by atoms with Gasteiger partial charge < -0.3 is 14.2 Å². The van der Waals surface area contributed by atoms with Crippen LogP contribution >= 0.6 is 11.6 Å². The molecular weight excluding hydrogens is 476 g/mol. The lowest BCUT2D eigenvalue weighted by atomic mass is 10.1. The maximum atomic E-state index is 12.7. The molecule has 10 heteroatoms. The molecule has 0 atom stereocenters. The summed E-state index contributed by atoms with van der Waals surface area (Å²) in [5, 5.41) is 0.355. The van der Waals surface area contributed by atoms with E-state index in [0.717, 1.165) is 55.7 Å². The molecule has 0 N–H and O–H groups in total. The van der Waals surface area contributed by atoms with Gasteiger partial charge in [-0.25, -0.2) is 18.4 Å². The molecule has 0 bridgehead atoms. The number of aryl methyl sites for hydroxylation is 1. The third-order valence-electron chi connectivity index (χ3n) is 5.87. The second-order valence-corrected chi connectivity index (χ2v) is 10.8. The number of hydrogen-bond acceptors (Lipinski definition) is 7. The summed E-state index contributed by atoms with van der Waals surface area (Å²) in [6.45, 7) is 3.86. The van der Waals surface area contributed by atoms with E-state index in [4.69, 9.17) is 16.3 Å². The number of nitrogens with zero attached hydrogens (tertiary/aromatic N) is 4. The molecule has 0 spiro atoms. The van der Waals surface area contributed by atoms with Crippen LogP contribution in [0.2, 0.25) is 5.02 Å². The molecule has 0 amide bonds. The van der Waals surface area contributed by atoms with Crippen LogP contribution in [0.5, 0.6) is 5.75 Å². The van der Waals surface area contributed by atoms with Crippen LogP contribution in [0.1, 0.15) is 30.9 Å². The maximum Gasteiger partial charge on any atom is 0.254 e. The quantitative estimate of drug-likeness (QED) is 0.489. The van der Waals surface area contributed by atoms with Crippen molar-refractivity contribution < 1.29 is 13.2 Å². The Morgan fingerprint density at radius 1 is 1.09 bits per heavy atom. The highest BCUT2D eigenvalue weighted by Gasteiger charge is 2.23. The molecule has 1 aliphatic heterocycles. The van der Waals surface area contributed by atoms with E-state index < -0.39 is 9.84 Å². The monoisotopic (exact) mass is 502 g/mol. The van der Waals surface area contributed by atoms with Gasteiger partial charge in [0.2, 0.25) is 5.95 Å². The topological polar surface area (TPSA) is 94.4 Å². The number of rotatable bonds is 7. The van der Waals surface area contributed by atoms with E-state index in [1.165, 1.54) is 22.8 Å². The Kier molecular flexibility index (Phi) is 7.23. The molecule has 0 unspecified atom stereocenters. The summed E-state index contributed by atoms with van der Waals surface area (Å²) in [4.78, 5) is 23.9. The van der Waals surface area contributed by atoms with Crippen LogP contribution in [0, 0.1) is 0 Å². The van der Waals surface area contributed by atoms with E-state index in [1.807, 2.05) is 12.4 Å². The molecule has 2 aromatic heterocycles. The Bertz CT molecular complexity index is 1300. The lowest BCUT2D eigenvalue weighted by Crippen LogP contribution is -2.39. The fourth-order valence-corrected chi connectivity index (χ4v) is 4.68. The minimum atomic E-state index is -3.27. The number of hydrogen-bond donors (Lipinski definition) is 0. The van der Waals surface area contributed by atoms with E-state index >= 15 is 0 Å². The Balaban J connectivity index is 1.38. The van der Waals surface area contributed by atoms with Gasteiger partial charge in [0, 0.05) is 56.8 Å². The summed E-state index contributed by atoms with van der Waals surface area (Å²) < 4.78 is 30.8. The number of halogens is 1. The van der Waals surface area contributed by atoms with E-state index in [2.05, 4.69) is 21.8 Å². The number of aromatic nitrogens is 3. The molecule has 4 rings (SSSR count). The summed E-state index contributed by atoms with van der Waals surface area (Å²) in [5.74, 6) is 1.10. The van der Waals surface area contributed by atoms with Gasteiger partial charge in [-0.05, 0) is 29.7 Å². The second kappa shape index (κ2) is 10.1. The van der Waals surface area contributed by atoms with Gasteiger partial charge in [-0.3, -0.25) is 4.79 Å². The van der Waals surface area contributed by atoms with E-state index in [0.29, 0.717) is 10.8 Å². The van der Waals surface area contributed by atoms with Gasteiger partial charge >= 0.3 is 0 Å². The summed E-state index contributed by atoms with van der Waals surface area (Å²) in [6.07, 6.45) is 8.83. The predicted molar refractivity (Wildman–Crippen MR) is 132 cm³/mol. The molecule has 34 heavy (non-hydrogen) atoms. The molecule has 8 nitrogen and oxygen atoms in total. The first kappa shape index (κ1) is 24.2. The van der Waals surface area contributed by atoms with Gasteiger partial charge in [0.25, 0.3) is 5.56 Å². The summed E-state index contributed by atoms with van der Waals surface area (Å²) >= 11 is 6.43. The fourth-order valence-electron chi connectivity index (χ4n) is 3.83. The van der Waals surface area contributed by atoms with Crippen molar-refractivity contribution in [2.75, 3.05) is 24.2 Å². The van der Waals surface area contributed by atoms with Crippen molar-refractivity contribution in [2.24, 2.45) is 0 Å². The fraction of sp³-hybridized carbons (Fsp3) is 0.375. The van der Waals surface area contributed by atoms with Crippen molar-refractivity contribution in [1.29, 1.82) is 0 Å². The third-order valence-corrected chi connectivity index (χ3v) is 7.28. The average Bonchev–Trinajstić information content (AvgIpc) is 2.82. The van der Waals surface area contributed by atoms with Crippen molar-refractivity contribution in [3.63, 3.8) is 0 Å². The number of anilines is 1. The standard InChI is InChI=1S/C24H27ClN4O4S/c1-3-17-13-26-24(27-14-17)28-10-8-19(9-11-28)33-22-12-23(30)29(16-21(22)25)15-18-4-6-20(7-5-18)34(2,31)32/h4-7,12-14,16,19H,3,8-11,15H2,1-2H3. The number of benzene rings is 1. The van der Waals surface area contributed by atoms with Gasteiger partial charge in [-0.2, -0.15) is 0 Å². The van der Waals surface area contributed by atoms with Gasteiger partial charge in [0.15, 0.2) is 9.84 Å².